The summed E-state index contributed by atoms with van der Waals surface area (Å²) in [5.74, 6) is -0.722. The van der Waals surface area contributed by atoms with E-state index in [4.69, 9.17) is 9.84 Å². The number of hydrogen-bond donors (Lipinski definition) is 1. The zero-order valence-corrected chi connectivity index (χ0v) is 31.5. The Morgan fingerprint density at radius 1 is 0.479 bits per heavy atom. The van der Waals surface area contributed by atoms with E-state index < -0.39 is 5.97 Å². The Kier molecular flexibility index (Phi) is 37.2. The minimum absolute atomic E-state index is 0.0174. The number of allylic oxidation sites excluding steroid dienone is 10. The van der Waals surface area contributed by atoms with Crippen LogP contribution in [0.3, 0.4) is 0 Å². The Labute approximate surface area is 297 Å². The summed E-state index contributed by atoms with van der Waals surface area (Å²) < 4.78 is 5.99. The molecule has 0 aromatic heterocycles. The van der Waals surface area contributed by atoms with Crippen molar-refractivity contribution in [2.75, 3.05) is 0 Å². The summed E-state index contributed by atoms with van der Waals surface area (Å²) in [6.07, 6.45) is 53.8. The van der Waals surface area contributed by atoms with Gasteiger partial charge in [0.25, 0.3) is 0 Å². The van der Waals surface area contributed by atoms with Gasteiger partial charge >= 0.3 is 11.9 Å². The molecule has 0 radical (unpaired) electrons. The molecule has 0 heterocycles. The van der Waals surface area contributed by atoms with E-state index in [1.807, 2.05) is 0 Å². The van der Waals surface area contributed by atoms with Gasteiger partial charge in [-0.1, -0.05) is 164 Å². The molecule has 1 N–H and O–H groups in total. The fraction of sp³-hybridized carbons (Fsp3) is 0.727. The Bertz CT molecular complexity index is 850. The van der Waals surface area contributed by atoms with E-state index in [1.54, 1.807) is 0 Å². The number of rotatable bonds is 36. The lowest BCUT2D eigenvalue weighted by Crippen LogP contribution is -2.18. The van der Waals surface area contributed by atoms with Crippen LogP contribution >= 0.6 is 0 Å². The summed E-state index contributed by atoms with van der Waals surface area (Å²) in [5.41, 5.74) is 0. The molecule has 1 atom stereocenters. The van der Waals surface area contributed by atoms with E-state index in [1.165, 1.54) is 70.6 Å². The van der Waals surface area contributed by atoms with Crippen LogP contribution in [0.4, 0.5) is 0 Å². The minimum Gasteiger partial charge on any atom is -0.481 e. The normalized spacial score (nSPS) is 12.9. The quantitative estimate of drug-likeness (QED) is 0.0410. The summed E-state index contributed by atoms with van der Waals surface area (Å²) in [5, 5.41) is 8.81. The van der Waals surface area contributed by atoms with Gasteiger partial charge in [-0.25, -0.2) is 0 Å². The van der Waals surface area contributed by atoms with Gasteiger partial charge in [0.15, 0.2) is 0 Å². The van der Waals surface area contributed by atoms with E-state index in [9.17, 15) is 9.59 Å². The molecule has 0 spiro atoms. The van der Waals surface area contributed by atoms with Crippen LogP contribution < -0.4 is 0 Å². The maximum atomic E-state index is 12.7. The lowest BCUT2D eigenvalue weighted by molar-refractivity contribution is -0.150. The first kappa shape index (κ1) is 45.6. The predicted octanol–water partition coefficient (Wildman–Crippen LogP) is 14.1. The summed E-state index contributed by atoms with van der Waals surface area (Å²) in [4.78, 5) is 23.4. The Hall–Kier alpha value is -2.36. The van der Waals surface area contributed by atoms with Gasteiger partial charge in [0, 0.05) is 12.8 Å². The molecular weight excluding hydrogens is 592 g/mol. The van der Waals surface area contributed by atoms with Crippen molar-refractivity contribution in [3.63, 3.8) is 0 Å². The minimum atomic E-state index is -0.704. The van der Waals surface area contributed by atoms with Gasteiger partial charge in [-0.05, 0) is 83.5 Å². The van der Waals surface area contributed by atoms with Crippen molar-refractivity contribution in [3.05, 3.63) is 60.8 Å². The molecule has 0 saturated carbocycles. The molecule has 0 rings (SSSR count). The summed E-state index contributed by atoms with van der Waals surface area (Å²) >= 11 is 0. The average Bonchev–Trinajstić information content (AvgIpc) is 3.07. The van der Waals surface area contributed by atoms with Crippen LogP contribution in [-0.2, 0) is 14.3 Å². The third-order valence-electron chi connectivity index (χ3n) is 8.75. The van der Waals surface area contributed by atoms with Gasteiger partial charge in [-0.2, -0.15) is 0 Å². The van der Waals surface area contributed by atoms with Gasteiger partial charge < -0.3 is 9.84 Å². The smallest absolute Gasteiger partial charge is 0.306 e. The number of unbranched alkanes of at least 4 members (excludes halogenated alkanes) is 17. The van der Waals surface area contributed by atoms with Crippen molar-refractivity contribution in [2.24, 2.45) is 0 Å². The third kappa shape index (κ3) is 38.1. The first-order valence-electron chi connectivity index (χ1n) is 20.3. The number of ether oxygens (including phenoxy) is 1. The van der Waals surface area contributed by atoms with E-state index in [-0.39, 0.29) is 18.5 Å². The van der Waals surface area contributed by atoms with Crippen molar-refractivity contribution in [3.8, 4) is 0 Å². The molecule has 0 aromatic rings. The second-order valence-corrected chi connectivity index (χ2v) is 13.4. The Morgan fingerprint density at radius 3 is 1.35 bits per heavy atom. The Morgan fingerprint density at radius 2 is 0.875 bits per heavy atom. The lowest BCUT2D eigenvalue weighted by Gasteiger charge is -2.18. The van der Waals surface area contributed by atoms with Gasteiger partial charge in [0.2, 0.25) is 0 Å². The fourth-order valence-corrected chi connectivity index (χ4v) is 5.80. The van der Waals surface area contributed by atoms with Crippen LogP contribution in [0.25, 0.3) is 0 Å². The van der Waals surface area contributed by atoms with Crippen LogP contribution in [0.2, 0.25) is 0 Å². The highest BCUT2D eigenvalue weighted by atomic mass is 16.5. The average molecular weight is 669 g/mol. The summed E-state index contributed by atoms with van der Waals surface area (Å²) in [7, 11) is 0. The van der Waals surface area contributed by atoms with E-state index in [2.05, 4.69) is 74.6 Å². The van der Waals surface area contributed by atoms with Crippen LogP contribution in [0.15, 0.2) is 60.8 Å². The largest absolute Gasteiger partial charge is 0.481 e. The molecule has 0 aliphatic heterocycles. The van der Waals surface area contributed by atoms with Crippen LogP contribution in [0.1, 0.15) is 200 Å². The van der Waals surface area contributed by atoms with Crippen LogP contribution in [-0.4, -0.2) is 23.1 Å². The van der Waals surface area contributed by atoms with Crippen LogP contribution in [0, 0.1) is 0 Å². The van der Waals surface area contributed by atoms with Crippen molar-refractivity contribution in [1.82, 2.24) is 0 Å². The number of carboxylic acids is 1. The SMILES string of the molecule is CC/C=C\C/C=C\C/C=C\C/C=C\C/C=C\CCCCCCCC(=O)OC(CCCCCCCCCCC)CCCCCCCC(=O)O. The number of carbonyl (C=O) groups is 2. The first-order chi connectivity index (χ1) is 23.6. The number of carbonyl (C=O) groups excluding carboxylic acids is 1. The topological polar surface area (TPSA) is 63.6 Å². The van der Waals surface area contributed by atoms with E-state index >= 15 is 0 Å². The number of esters is 1. The van der Waals surface area contributed by atoms with Crippen molar-refractivity contribution in [1.29, 1.82) is 0 Å². The molecule has 0 aliphatic carbocycles. The second-order valence-electron chi connectivity index (χ2n) is 13.4. The number of carboxylic acid groups (broad SMARTS) is 1. The van der Waals surface area contributed by atoms with Gasteiger partial charge in [0.05, 0.1) is 0 Å². The monoisotopic (exact) mass is 669 g/mol. The third-order valence-corrected chi connectivity index (χ3v) is 8.75. The Balaban J connectivity index is 4.00. The fourth-order valence-electron chi connectivity index (χ4n) is 5.80. The molecule has 0 aliphatic rings. The van der Waals surface area contributed by atoms with Gasteiger partial charge in [0.1, 0.15) is 6.10 Å². The molecule has 0 aromatic carbocycles. The zero-order chi connectivity index (χ0) is 35.0. The lowest BCUT2D eigenvalue weighted by atomic mass is 10.0. The van der Waals surface area contributed by atoms with E-state index in [0.29, 0.717) is 6.42 Å². The van der Waals surface area contributed by atoms with Gasteiger partial charge in [-0.3, -0.25) is 9.59 Å². The highest BCUT2D eigenvalue weighted by Gasteiger charge is 2.14. The van der Waals surface area contributed by atoms with Crippen molar-refractivity contribution >= 4 is 11.9 Å². The molecule has 4 heteroatoms. The molecule has 0 saturated heterocycles. The second kappa shape index (κ2) is 39.1. The maximum Gasteiger partial charge on any atom is 0.306 e. The molecule has 4 nitrogen and oxygen atoms in total. The molecule has 276 valence electrons. The van der Waals surface area contributed by atoms with Crippen LogP contribution in [0.5, 0.6) is 0 Å². The molecule has 0 bridgehead atoms. The van der Waals surface area contributed by atoms with Crippen molar-refractivity contribution < 1.29 is 19.4 Å². The van der Waals surface area contributed by atoms with Gasteiger partial charge in [-0.15, -0.1) is 0 Å². The molecular formula is C44H76O4. The van der Waals surface area contributed by atoms with E-state index in [0.717, 1.165) is 103 Å². The van der Waals surface area contributed by atoms with Crippen molar-refractivity contribution in [2.45, 2.75) is 206 Å². The predicted molar refractivity (Wildman–Crippen MR) is 208 cm³/mol. The number of aliphatic carboxylic acids is 1. The molecule has 0 amide bonds. The molecule has 1 unspecified atom stereocenters. The standard InChI is InChI=1S/C44H76O4/c1-3-5-7-9-11-13-14-15-16-17-18-19-20-21-22-23-24-26-28-33-37-41-44(47)48-42(39-35-31-29-32-36-40-43(45)46)38-34-30-27-25-12-10-8-6-4-2/h5,7,11,13,15-16,18-19,21-22,42H,3-4,6,8-10,12,14,17,20,23-41H2,1-2H3,(H,45,46)/b7-5-,13-11-,16-15-,19-18-,22-21-. The number of hydrogen-bond acceptors (Lipinski definition) is 3. The highest BCUT2D eigenvalue weighted by molar-refractivity contribution is 5.69. The highest BCUT2D eigenvalue weighted by Crippen LogP contribution is 2.19. The maximum absolute atomic E-state index is 12.7. The summed E-state index contributed by atoms with van der Waals surface area (Å²) in [6, 6.07) is 0. The molecule has 0 fully saturated rings. The zero-order valence-electron chi connectivity index (χ0n) is 31.5. The summed E-state index contributed by atoms with van der Waals surface area (Å²) in [6.45, 7) is 4.42. The first-order valence-corrected chi connectivity index (χ1v) is 20.3. The molecule has 48 heavy (non-hydrogen) atoms.